The Morgan fingerprint density at radius 3 is 2.47 bits per heavy atom. The highest BCUT2D eigenvalue weighted by Crippen LogP contribution is 2.28. The molecule has 0 aliphatic rings. The second kappa shape index (κ2) is 6.11. The van der Waals surface area contributed by atoms with E-state index in [1.54, 1.807) is 14.0 Å². The van der Waals surface area contributed by atoms with Gasteiger partial charge in [0.25, 0.3) is 0 Å². The molecule has 0 aliphatic carbocycles. The maximum absolute atomic E-state index is 12.5. The monoisotopic (exact) mass is 304 g/mol. The molecule has 0 aromatic heterocycles. The third kappa shape index (κ3) is 3.41. The average molecular weight is 305 g/mol. The number of anilines is 1. The van der Waals surface area contributed by atoms with Crippen LogP contribution < -0.4 is 5.73 Å². The predicted octanol–water partition coefficient (Wildman–Crippen LogP) is 3.04. The van der Waals surface area contributed by atoms with Crippen molar-refractivity contribution in [1.29, 1.82) is 0 Å². The molecule has 0 spiro atoms. The Labute approximate surface area is 120 Å². The average Bonchev–Trinajstić information content (AvgIpc) is 2.34. The minimum atomic E-state index is -3.55. The molecule has 4 nitrogen and oxygen atoms in total. The van der Waals surface area contributed by atoms with Gasteiger partial charge in [-0.25, -0.2) is 8.42 Å². The maximum Gasteiger partial charge on any atom is 0.243 e. The van der Waals surface area contributed by atoms with Crippen LogP contribution in [-0.2, 0) is 10.0 Å². The van der Waals surface area contributed by atoms with Crippen molar-refractivity contribution in [3.05, 3.63) is 22.7 Å². The Bertz CT molecular complexity index is 535. The Kier molecular flexibility index (Phi) is 5.24. The zero-order valence-corrected chi connectivity index (χ0v) is 13.3. The Morgan fingerprint density at radius 2 is 2.00 bits per heavy atom. The van der Waals surface area contributed by atoms with Crippen molar-refractivity contribution in [2.24, 2.45) is 0 Å². The van der Waals surface area contributed by atoms with Crippen molar-refractivity contribution in [3.63, 3.8) is 0 Å². The van der Waals surface area contributed by atoms with Crippen LogP contribution in [0.5, 0.6) is 0 Å². The zero-order valence-electron chi connectivity index (χ0n) is 11.8. The van der Waals surface area contributed by atoms with Gasteiger partial charge in [0, 0.05) is 23.8 Å². The van der Waals surface area contributed by atoms with Gasteiger partial charge in [-0.2, -0.15) is 4.31 Å². The van der Waals surface area contributed by atoms with Crippen LogP contribution in [0.3, 0.4) is 0 Å². The van der Waals surface area contributed by atoms with Gasteiger partial charge in [0.05, 0.1) is 4.90 Å². The van der Waals surface area contributed by atoms with E-state index in [0.29, 0.717) is 16.3 Å². The third-order valence-corrected chi connectivity index (χ3v) is 5.70. The minimum Gasteiger partial charge on any atom is -0.398 e. The molecule has 2 N–H and O–H groups in total. The number of halogens is 1. The standard InChI is InChI=1S/C13H21ClN2O2S/c1-5-6-9(2)16(4)19(17,18)11-7-12(14)10(3)13(15)8-11/h7-9H,5-6,15H2,1-4H3. The first-order valence-electron chi connectivity index (χ1n) is 6.25. The number of nitrogen functional groups attached to an aromatic ring is 1. The summed E-state index contributed by atoms with van der Waals surface area (Å²) in [5, 5.41) is 0.370. The molecule has 1 rings (SSSR count). The third-order valence-electron chi connectivity index (χ3n) is 3.36. The van der Waals surface area contributed by atoms with E-state index >= 15 is 0 Å². The molecule has 19 heavy (non-hydrogen) atoms. The van der Waals surface area contributed by atoms with Crippen molar-refractivity contribution >= 4 is 27.3 Å². The van der Waals surface area contributed by atoms with Gasteiger partial charge in [0.2, 0.25) is 10.0 Å². The summed E-state index contributed by atoms with van der Waals surface area (Å²) in [7, 11) is -1.97. The van der Waals surface area contributed by atoms with Gasteiger partial charge >= 0.3 is 0 Å². The van der Waals surface area contributed by atoms with E-state index in [2.05, 4.69) is 0 Å². The Hall–Kier alpha value is -0.780. The molecule has 0 heterocycles. The van der Waals surface area contributed by atoms with E-state index in [1.807, 2.05) is 13.8 Å². The van der Waals surface area contributed by atoms with E-state index in [9.17, 15) is 8.42 Å². The Balaban J connectivity index is 3.21. The van der Waals surface area contributed by atoms with Crippen LogP contribution in [0.4, 0.5) is 5.69 Å². The molecule has 0 fully saturated rings. The fourth-order valence-corrected chi connectivity index (χ4v) is 3.57. The molecule has 0 amide bonds. The molecular formula is C13H21ClN2O2S. The molecule has 108 valence electrons. The van der Waals surface area contributed by atoms with Gasteiger partial charge in [-0.3, -0.25) is 0 Å². The first-order chi connectivity index (χ1) is 8.71. The molecule has 1 aromatic rings. The van der Waals surface area contributed by atoms with E-state index in [4.69, 9.17) is 17.3 Å². The fraction of sp³-hybridized carbons (Fsp3) is 0.538. The van der Waals surface area contributed by atoms with Gasteiger partial charge in [-0.15, -0.1) is 0 Å². The molecule has 0 saturated heterocycles. The first-order valence-corrected chi connectivity index (χ1v) is 8.07. The van der Waals surface area contributed by atoms with Crippen LogP contribution in [-0.4, -0.2) is 25.8 Å². The van der Waals surface area contributed by atoms with Crippen molar-refractivity contribution in [1.82, 2.24) is 4.31 Å². The number of rotatable bonds is 5. The van der Waals surface area contributed by atoms with Crippen molar-refractivity contribution < 1.29 is 8.42 Å². The predicted molar refractivity (Wildman–Crippen MR) is 79.9 cm³/mol. The van der Waals surface area contributed by atoms with Crippen LogP contribution in [0.2, 0.25) is 5.02 Å². The summed E-state index contributed by atoms with van der Waals surface area (Å²) in [6, 6.07) is 2.86. The highest BCUT2D eigenvalue weighted by Gasteiger charge is 2.25. The normalized spacial score (nSPS) is 13.8. The van der Waals surface area contributed by atoms with Crippen molar-refractivity contribution in [3.8, 4) is 0 Å². The highest BCUT2D eigenvalue weighted by atomic mass is 35.5. The van der Waals surface area contributed by atoms with Gasteiger partial charge in [0.15, 0.2) is 0 Å². The summed E-state index contributed by atoms with van der Waals surface area (Å²) in [6.45, 7) is 5.68. The number of hydrogen-bond acceptors (Lipinski definition) is 3. The number of benzene rings is 1. The van der Waals surface area contributed by atoms with Crippen molar-refractivity contribution in [2.45, 2.75) is 44.6 Å². The Morgan fingerprint density at radius 1 is 1.42 bits per heavy atom. The first kappa shape index (κ1) is 16.3. The SMILES string of the molecule is CCCC(C)N(C)S(=O)(=O)c1cc(N)c(C)c(Cl)c1. The van der Waals surface area contributed by atoms with E-state index in [1.165, 1.54) is 16.4 Å². The van der Waals surface area contributed by atoms with E-state index < -0.39 is 10.0 Å². The van der Waals surface area contributed by atoms with Gasteiger partial charge in [-0.1, -0.05) is 24.9 Å². The summed E-state index contributed by atoms with van der Waals surface area (Å²) in [6.07, 6.45) is 1.74. The summed E-state index contributed by atoms with van der Waals surface area (Å²) >= 11 is 6.01. The van der Waals surface area contributed by atoms with Crippen molar-refractivity contribution in [2.75, 3.05) is 12.8 Å². The number of hydrogen-bond donors (Lipinski definition) is 1. The largest absolute Gasteiger partial charge is 0.398 e. The molecule has 0 bridgehead atoms. The van der Waals surface area contributed by atoms with E-state index in [0.717, 1.165) is 12.8 Å². The topological polar surface area (TPSA) is 63.4 Å². The highest BCUT2D eigenvalue weighted by molar-refractivity contribution is 7.89. The smallest absolute Gasteiger partial charge is 0.243 e. The minimum absolute atomic E-state index is 0.0590. The summed E-state index contributed by atoms with van der Waals surface area (Å²) in [5.74, 6) is 0. The quantitative estimate of drug-likeness (QED) is 0.850. The second-order valence-corrected chi connectivity index (χ2v) is 7.18. The van der Waals surface area contributed by atoms with Crippen LogP contribution in [0.25, 0.3) is 0 Å². The molecule has 0 saturated carbocycles. The summed E-state index contributed by atoms with van der Waals surface area (Å²) in [4.78, 5) is 0.144. The zero-order chi connectivity index (χ0) is 14.8. The lowest BCUT2D eigenvalue weighted by molar-refractivity contribution is 0.369. The van der Waals surface area contributed by atoms with Crippen LogP contribution in [0, 0.1) is 6.92 Å². The second-order valence-electron chi connectivity index (χ2n) is 4.78. The van der Waals surface area contributed by atoms with Crippen LogP contribution >= 0.6 is 11.6 Å². The van der Waals surface area contributed by atoms with Gasteiger partial charge in [0.1, 0.15) is 0 Å². The lowest BCUT2D eigenvalue weighted by Gasteiger charge is -2.24. The fourth-order valence-electron chi connectivity index (χ4n) is 1.83. The summed E-state index contributed by atoms with van der Waals surface area (Å²) < 4.78 is 26.3. The van der Waals surface area contributed by atoms with Gasteiger partial charge < -0.3 is 5.73 Å². The van der Waals surface area contributed by atoms with Crippen LogP contribution in [0.1, 0.15) is 32.3 Å². The summed E-state index contributed by atoms with van der Waals surface area (Å²) in [5.41, 5.74) is 6.88. The number of nitrogens with two attached hydrogens (primary N) is 1. The van der Waals surface area contributed by atoms with Gasteiger partial charge in [-0.05, 0) is 38.0 Å². The molecule has 1 aromatic carbocycles. The number of nitrogens with zero attached hydrogens (tertiary/aromatic N) is 1. The maximum atomic E-state index is 12.5. The number of sulfonamides is 1. The molecule has 1 unspecified atom stereocenters. The lowest BCUT2D eigenvalue weighted by Crippen LogP contribution is -2.35. The molecule has 6 heteroatoms. The molecule has 0 aliphatic heterocycles. The van der Waals surface area contributed by atoms with Crippen LogP contribution in [0.15, 0.2) is 17.0 Å². The molecule has 0 radical (unpaired) electrons. The molecular weight excluding hydrogens is 284 g/mol. The lowest BCUT2D eigenvalue weighted by atomic mass is 10.2. The van der Waals surface area contributed by atoms with E-state index in [-0.39, 0.29) is 10.9 Å². The molecule has 1 atom stereocenters.